The highest BCUT2D eigenvalue weighted by Gasteiger charge is 2.09. The predicted octanol–water partition coefficient (Wildman–Crippen LogP) is 4.99. The highest BCUT2D eigenvalue weighted by atomic mass is 15.2. The lowest BCUT2D eigenvalue weighted by Crippen LogP contribution is -2.28. The van der Waals surface area contributed by atoms with Crippen molar-refractivity contribution in [1.29, 1.82) is 5.41 Å². The van der Waals surface area contributed by atoms with Crippen molar-refractivity contribution in [2.75, 3.05) is 17.7 Å². The molecule has 0 amide bonds. The fourth-order valence-electron chi connectivity index (χ4n) is 2.78. The molecule has 0 saturated carbocycles. The van der Waals surface area contributed by atoms with Crippen molar-refractivity contribution in [2.24, 2.45) is 0 Å². The Bertz CT molecular complexity index is 872. The fraction of sp³-hybridized carbons (Fsp3) is 0.208. The number of nitrogen functional groups attached to an aromatic ring is 1. The number of hydrogen-bond acceptors (Lipinski definition) is 4. The molecule has 144 valence electrons. The third-order valence-corrected chi connectivity index (χ3v) is 4.49. The van der Waals surface area contributed by atoms with Crippen molar-refractivity contribution in [2.45, 2.75) is 26.3 Å². The summed E-state index contributed by atoms with van der Waals surface area (Å²) in [5, 5.41) is 10.9. The van der Waals surface area contributed by atoms with Crippen molar-refractivity contribution < 1.29 is 0 Å². The molecule has 0 aliphatic heterocycles. The standard InChI is InChI=1S/C24H28N4/c1-4-6-7-8-19(3)28(17-21-11-9-20(5-2)10-12-21)18-27-23-13-14-24(26)22(15-23)16-25/h2,4,6,9-16,25,27H,3,7-8,17-18,26H2,1H3/b6-4-,25-16?. The summed E-state index contributed by atoms with van der Waals surface area (Å²) in [6.07, 6.45) is 12.8. The number of terminal acetylenes is 1. The molecular weight excluding hydrogens is 344 g/mol. The number of allylic oxidation sites excluding steroid dienone is 3. The van der Waals surface area contributed by atoms with E-state index in [4.69, 9.17) is 17.6 Å². The zero-order valence-corrected chi connectivity index (χ0v) is 16.4. The molecule has 0 fully saturated rings. The highest BCUT2D eigenvalue weighted by molar-refractivity contribution is 5.86. The van der Waals surface area contributed by atoms with Gasteiger partial charge < -0.3 is 21.4 Å². The number of nitrogens with zero attached hydrogens (tertiary/aromatic N) is 1. The van der Waals surface area contributed by atoms with Gasteiger partial charge in [-0.25, -0.2) is 0 Å². The van der Waals surface area contributed by atoms with Gasteiger partial charge in [0.15, 0.2) is 0 Å². The van der Waals surface area contributed by atoms with Gasteiger partial charge in [-0.05, 0) is 55.7 Å². The molecule has 0 aliphatic carbocycles. The summed E-state index contributed by atoms with van der Waals surface area (Å²) in [6, 6.07) is 13.6. The summed E-state index contributed by atoms with van der Waals surface area (Å²) >= 11 is 0. The quantitative estimate of drug-likeness (QED) is 0.181. The minimum absolute atomic E-state index is 0.599. The van der Waals surface area contributed by atoms with Crippen molar-refractivity contribution in [3.8, 4) is 12.3 Å². The van der Waals surface area contributed by atoms with Crippen LogP contribution < -0.4 is 11.1 Å². The molecule has 0 unspecified atom stereocenters. The molecule has 0 aliphatic rings. The normalized spacial score (nSPS) is 10.4. The molecule has 0 aromatic heterocycles. The van der Waals surface area contributed by atoms with E-state index < -0.39 is 0 Å². The van der Waals surface area contributed by atoms with Gasteiger partial charge in [0.25, 0.3) is 0 Å². The van der Waals surface area contributed by atoms with E-state index in [0.717, 1.165) is 36.3 Å². The second kappa shape index (κ2) is 10.6. The Morgan fingerprint density at radius 3 is 2.68 bits per heavy atom. The molecule has 2 aromatic carbocycles. The monoisotopic (exact) mass is 372 g/mol. The Morgan fingerprint density at radius 1 is 1.29 bits per heavy atom. The van der Waals surface area contributed by atoms with Gasteiger partial charge in [0.05, 0.1) is 6.67 Å². The Morgan fingerprint density at radius 2 is 2.04 bits per heavy atom. The molecule has 0 spiro atoms. The van der Waals surface area contributed by atoms with Gasteiger partial charge in [-0.3, -0.25) is 0 Å². The van der Waals surface area contributed by atoms with Crippen LogP contribution in [0.2, 0.25) is 0 Å². The van der Waals surface area contributed by atoms with Crippen molar-refractivity contribution >= 4 is 17.6 Å². The van der Waals surface area contributed by atoms with Crippen LogP contribution in [0.5, 0.6) is 0 Å². The average molecular weight is 373 g/mol. The predicted molar refractivity (Wildman–Crippen MR) is 120 cm³/mol. The van der Waals surface area contributed by atoms with E-state index in [0.29, 0.717) is 17.9 Å². The fourth-order valence-corrected chi connectivity index (χ4v) is 2.78. The minimum Gasteiger partial charge on any atom is -0.398 e. The van der Waals surface area contributed by atoms with Crippen LogP contribution in [0.4, 0.5) is 11.4 Å². The van der Waals surface area contributed by atoms with Gasteiger partial charge in [-0.2, -0.15) is 0 Å². The van der Waals surface area contributed by atoms with E-state index in [1.807, 2.05) is 37.3 Å². The molecule has 28 heavy (non-hydrogen) atoms. The summed E-state index contributed by atoms with van der Waals surface area (Å²) in [4.78, 5) is 2.22. The van der Waals surface area contributed by atoms with Gasteiger partial charge in [-0.1, -0.05) is 36.8 Å². The van der Waals surface area contributed by atoms with Crippen LogP contribution in [-0.4, -0.2) is 17.8 Å². The van der Waals surface area contributed by atoms with E-state index in [-0.39, 0.29) is 0 Å². The lowest BCUT2D eigenvalue weighted by Gasteiger charge is -2.28. The van der Waals surface area contributed by atoms with Gasteiger partial charge in [0, 0.05) is 41.0 Å². The zero-order chi connectivity index (χ0) is 20.4. The summed E-state index contributed by atoms with van der Waals surface area (Å²) in [5.74, 6) is 2.65. The smallest absolute Gasteiger partial charge is 0.0876 e. The largest absolute Gasteiger partial charge is 0.398 e. The molecule has 2 rings (SSSR count). The minimum atomic E-state index is 0.599. The van der Waals surface area contributed by atoms with E-state index in [1.54, 1.807) is 0 Å². The highest BCUT2D eigenvalue weighted by Crippen LogP contribution is 2.19. The van der Waals surface area contributed by atoms with Crippen molar-refractivity contribution in [1.82, 2.24) is 4.90 Å². The third kappa shape index (κ3) is 6.07. The maximum absolute atomic E-state index is 7.46. The number of anilines is 2. The molecule has 4 N–H and O–H groups in total. The molecule has 0 radical (unpaired) electrons. The average Bonchev–Trinajstić information content (AvgIpc) is 2.72. The summed E-state index contributed by atoms with van der Waals surface area (Å²) in [7, 11) is 0. The van der Waals surface area contributed by atoms with E-state index >= 15 is 0 Å². The Hall–Kier alpha value is -3.45. The molecule has 0 heterocycles. The Kier molecular flexibility index (Phi) is 7.92. The molecule has 0 saturated heterocycles. The number of hydrogen-bond donors (Lipinski definition) is 3. The van der Waals surface area contributed by atoms with E-state index in [1.165, 1.54) is 11.8 Å². The second-order valence-corrected chi connectivity index (χ2v) is 6.54. The lowest BCUT2D eigenvalue weighted by atomic mass is 10.1. The number of benzene rings is 2. The zero-order valence-electron chi connectivity index (χ0n) is 16.4. The van der Waals surface area contributed by atoms with E-state index in [2.05, 4.69) is 47.0 Å². The van der Waals surface area contributed by atoms with Crippen molar-refractivity contribution in [3.63, 3.8) is 0 Å². The second-order valence-electron chi connectivity index (χ2n) is 6.54. The first-order valence-corrected chi connectivity index (χ1v) is 9.30. The van der Waals surface area contributed by atoms with Crippen LogP contribution in [-0.2, 0) is 6.54 Å². The van der Waals surface area contributed by atoms with Gasteiger partial charge >= 0.3 is 0 Å². The molecule has 4 heteroatoms. The SMILES string of the molecule is C#Cc1ccc(CN(CNc2ccc(N)c(C=N)c2)C(=C)CC/C=C\C)cc1. The van der Waals surface area contributed by atoms with Crippen LogP contribution in [0.25, 0.3) is 0 Å². The van der Waals surface area contributed by atoms with Crippen molar-refractivity contribution in [3.05, 3.63) is 83.6 Å². The maximum atomic E-state index is 7.46. The van der Waals surface area contributed by atoms with Crippen LogP contribution >= 0.6 is 0 Å². The van der Waals surface area contributed by atoms with Gasteiger partial charge in [-0.15, -0.1) is 6.42 Å². The topological polar surface area (TPSA) is 65.1 Å². The molecular formula is C24H28N4. The third-order valence-electron chi connectivity index (χ3n) is 4.49. The molecule has 4 nitrogen and oxygen atoms in total. The number of nitrogens with two attached hydrogens (primary N) is 1. The van der Waals surface area contributed by atoms with Crippen LogP contribution in [0, 0.1) is 17.8 Å². The lowest BCUT2D eigenvalue weighted by molar-refractivity contribution is 0.349. The first kappa shape index (κ1) is 20.9. The Labute approximate surface area is 168 Å². The maximum Gasteiger partial charge on any atom is 0.0876 e. The van der Waals surface area contributed by atoms with Gasteiger partial charge in [0.2, 0.25) is 0 Å². The molecule has 0 bridgehead atoms. The molecule has 0 atom stereocenters. The van der Waals surface area contributed by atoms with E-state index in [9.17, 15) is 0 Å². The Balaban J connectivity index is 2.11. The summed E-state index contributed by atoms with van der Waals surface area (Å²) in [5.41, 5.74) is 11.2. The first-order valence-electron chi connectivity index (χ1n) is 9.30. The first-order chi connectivity index (χ1) is 13.6. The van der Waals surface area contributed by atoms with Crippen LogP contribution in [0.3, 0.4) is 0 Å². The summed E-state index contributed by atoms with van der Waals surface area (Å²) < 4.78 is 0. The van der Waals surface area contributed by atoms with Crippen LogP contribution in [0.15, 0.2) is 66.9 Å². The molecule has 2 aromatic rings. The van der Waals surface area contributed by atoms with Gasteiger partial charge in [0.1, 0.15) is 0 Å². The summed E-state index contributed by atoms with van der Waals surface area (Å²) in [6.45, 7) is 7.64. The van der Waals surface area contributed by atoms with Crippen LogP contribution in [0.1, 0.15) is 36.5 Å². The number of rotatable bonds is 10. The number of nitrogens with one attached hydrogen (secondary N) is 2.